The zero-order valence-electron chi connectivity index (χ0n) is 8.69. The predicted molar refractivity (Wildman–Crippen MR) is 54.8 cm³/mol. The molecule has 82 valence electrons. The lowest BCUT2D eigenvalue weighted by Gasteiger charge is -2.05. The minimum Gasteiger partial charge on any atom is -0.222 e. The number of aryl methyl sites for hydroxylation is 2. The molecule has 0 amide bonds. The van der Waals surface area contributed by atoms with Crippen LogP contribution in [0.5, 0.6) is 0 Å². The summed E-state index contributed by atoms with van der Waals surface area (Å²) >= 11 is 0. The third kappa shape index (κ3) is 2.51. The molecule has 1 aromatic rings. The van der Waals surface area contributed by atoms with E-state index in [4.69, 9.17) is 0 Å². The van der Waals surface area contributed by atoms with E-state index in [1.54, 1.807) is 19.9 Å². The molecule has 0 radical (unpaired) electrons. The number of nitrogens with one attached hydrogen (secondary N) is 1. The monoisotopic (exact) mass is 227 g/mol. The van der Waals surface area contributed by atoms with Crippen LogP contribution in [0.3, 0.4) is 0 Å². The summed E-state index contributed by atoms with van der Waals surface area (Å²) in [6.07, 6.45) is 1.81. The van der Waals surface area contributed by atoms with Crippen molar-refractivity contribution in [3.05, 3.63) is 17.5 Å². The van der Waals surface area contributed by atoms with Crippen molar-refractivity contribution in [3.8, 4) is 0 Å². The highest BCUT2D eigenvalue weighted by Gasteiger charge is 2.29. The van der Waals surface area contributed by atoms with Crippen LogP contribution in [-0.4, -0.2) is 24.4 Å². The molecule has 0 unspecified atom stereocenters. The molecule has 1 saturated carbocycles. The fourth-order valence-electron chi connectivity index (χ4n) is 1.29. The number of hydrogen-bond donors (Lipinski definition) is 1. The van der Waals surface area contributed by atoms with Crippen LogP contribution in [0.15, 0.2) is 11.2 Å². The maximum Gasteiger partial charge on any atom is 0.276 e. The van der Waals surface area contributed by atoms with Crippen LogP contribution in [0, 0.1) is 13.8 Å². The highest BCUT2D eigenvalue weighted by molar-refractivity contribution is 7.89. The molecule has 0 saturated heterocycles. The van der Waals surface area contributed by atoms with Gasteiger partial charge in [0.15, 0.2) is 0 Å². The number of aromatic nitrogens is 2. The SMILES string of the molecule is Cc1cc(C)nc(S(=O)(=O)NC2CC2)n1. The Hall–Kier alpha value is -1.01. The Morgan fingerprint density at radius 1 is 1.27 bits per heavy atom. The summed E-state index contributed by atoms with van der Waals surface area (Å²) in [5.74, 6) is 0. The van der Waals surface area contributed by atoms with Gasteiger partial charge in [-0.2, -0.15) is 0 Å². The molecule has 2 rings (SSSR count). The molecule has 15 heavy (non-hydrogen) atoms. The fourth-order valence-corrected chi connectivity index (χ4v) is 2.60. The fraction of sp³-hybridized carbons (Fsp3) is 0.556. The Bertz CT molecular complexity index is 460. The van der Waals surface area contributed by atoms with E-state index in [1.807, 2.05) is 0 Å². The molecular weight excluding hydrogens is 214 g/mol. The van der Waals surface area contributed by atoms with Crippen molar-refractivity contribution in [1.29, 1.82) is 0 Å². The highest BCUT2D eigenvalue weighted by Crippen LogP contribution is 2.21. The molecule has 1 aromatic heterocycles. The zero-order valence-corrected chi connectivity index (χ0v) is 9.50. The molecule has 0 atom stereocenters. The molecule has 0 spiro atoms. The minimum absolute atomic E-state index is 0.0828. The smallest absolute Gasteiger partial charge is 0.222 e. The first kappa shape index (κ1) is 10.5. The van der Waals surface area contributed by atoms with Crippen LogP contribution in [0.2, 0.25) is 0 Å². The van der Waals surface area contributed by atoms with Crippen LogP contribution in [-0.2, 0) is 10.0 Å². The molecule has 1 aliphatic rings. The van der Waals surface area contributed by atoms with Gasteiger partial charge < -0.3 is 0 Å². The van der Waals surface area contributed by atoms with E-state index >= 15 is 0 Å². The molecule has 6 heteroatoms. The summed E-state index contributed by atoms with van der Waals surface area (Å²) in [6.45, 7) is 3.51. The average molecular weight is 227 g/mol. The number of hydrogen-bond acceptors (Lipinski definition) is 4. The lowest BCUT2D eigenvalue weighted by atomic mass is 10.4. The van der Waals surface area contributed by atoms with E-state index in [2.05, 4.69) is 14.7 Å². The van der Waals surface area contributed by atoms with Crippen molar-refractivity contribution >= 4 is 10.0 Å². The van der Waals surface area contributed by atoms with E-state index in [-0.39, 0.29) is 11.2 Å². The number of sulfonamides is 1. The standard InChI is InChI=1S/C9H13N3O2S/c1-6-5-7(2)11-9(10-6)15(13,14)12-8-3-4-8/h5,8,12H,3-4H2,1-2H3. The maximum atomic E-state index is 11.8. The van der Waals surface area contributed by atoms with E-state index in [0.29, 0.717) is 11.4 Å². The van der Waals surface area contributed by atoms with Gasteiger partial charge in [0, 0.05) is 17.4 Å². The van der Waals surface area contributed by atoms with Crippen molar-refractivity contribution in [3.63, 3.8) is 0 Å². The van der Waals surface area contributed by atoms with Gasteiger partial charge in [0.05, 0.1) is 0 Å². The zero-order chi connectivity index (χ0) is 11.1. The normalized spacial score (nSPS) is 16.7. The van der Waals surface area contributed by atoms with Gasteiger partial charge in [-0.25, -0.2) is 23.1 Å². The van der Waals surface area contributed by atoms with Crippen LogP contribution in [0.1, 0.15) is 24.2 Å². The molecule has 5 nitrogen and oxygen atoms in total. The quantitative estimate of drug-likeness (QED) is 0.765. The largest absolute Gasteiger partial charge is 0.276 e. The number of nitrogens with zero attached hydrogens (tertiary/aromatic N) is 2. The lowest BCUT2D eigenvalue weighted by molar-refractivity contribution is 0.570. The van der Waals surface area contributed by atoms with Gasteiger partial charge in [0.1, 0.15) is 0 Å². The molecular formula is C9H13N3O2S. The first-order valence-electron chi connectivity index (χ1n) is 4.82. The highest BCUT2D eigenvalue weighted by atomic mass is 32.2. The second kappa shape index (κ2) is 3.53. The average Bonchev–Trinajstić information content (AvgIpc) is 2.85. The Morgan fingerprint density at radius 3 is 2.27 bits per heavy atom. The summed E-state index contributed by atoms with van der Waals surface area (Å²) in [6, 6.07) is 1.83. The summed E-state index contributed by atoms with van der Waals surface area (Å²) in [5.41, 5.74) is 1.33. The van der Waals surface area contributed by atoms with E-state index in [1.165, 1.54) is 0 Å². The Balaban J connectivity index is 2.34. The molecule has 0 bridgehead atoms. The molecule has 1 heterocycles. The van der Waals surface area contributed by atoms with Gasteiger partial charge in [0.2, 0.25) is 0 Å². The van der Waals surface area contributed by atoms with Gasteiger partial charge in [0.25, 0.3) is 15.2 Å². The van der Waals surface area contributed by atoms with Gasteiger partial charge >= 0.3 is 0 Å². The first-order valence-corrected chi connectivity index (χ1v) is 6.30. The van der Waals surface area contributed by atoms with E-state index in [9.17, 15) is 8.42 Å². The molecule has 1 fully saturated rings. The summed E-state index contributed by atoms with van der Waals surface area (Å²) in [4.78, 5) is 7.85. The summed E-state index contributed by atoms with van der Waals surface area (Å²) in [5, 5.41) is -0.119. The van der Waals surface area contributed by atoms with Gasteiger partial charge in [-0.3, -0.25) is 0 Å². The Morgan fingerprint density at radius 2 is 1.80 bits per heavy atom. The van der Waals surface area contributed by atoms with Gasteiger partial charge in [-0.15, -0.1) is 0 Å². The van der Waals surface area contributed by atoms with Crippen LogP contribution in [0.25, 0.3) is 0 Å². The summed E-state index contributed by atoms with van der Waals surface area (Å²) in [7, 11) is -3.51. The second-order valence-corrected chi connectivity index (χ2v) is 5.44. The summed E-state index contributed by atoms with van der Waals surface area (Å²) < 4.78 is 26.0. The van der Waals surface area contributed by atoms with E-state index in [0.717, 1.165) is 12.8 Å². The van der Waals surface area contributed by atoms with Crippen molar-refractivity contribution in [2.24, 2.45) is 0 Å². The Labute approximate surface area is 89.0 Å². The van der Waals surface area contributed by atoms with Crippen molar-refractivity contribution in [2.45, 2.75) is 37.9 Å². The predicted octanol–water partition coefficient (Wildman–Crippen LogP) is 0.534. The maximum absolute atomic E-state index is 11.8. The molecule has 1 aliphatic carbocycles. The lowest BCUT2D eigenvalue weighted by Crippen LogP contribution is -2.27. The molecule has 0 aliphatic heterocycles. The van der Waals surface area contributed by atoms with Crippen molar-refractivity contribution in [1.82, 2.24) is 14.7 Å². The van der Waals surface area contributed by atoms with Gasteiger partial charge in [-0.05, 0) is 32.8 Å². The molecule has 1 N–H and O–H groups in total. The molecule has 0 aromatic carbocycles. The van der Waals surface area contributed by atoms with Crippen LogP contribution >= 0.6 is 0 Å². The van der Waals surface area contributed by atoms with Crippen LogP contribution in [0.4, 0.5) is 0 Å². The topological polar surface area (TPSA) is 72.0 Å². The number of rotatable bonds is 3. The van der Waals surface area contributed by atoms with Crippen LogP contribution < -0.4 is 4.72 Å². The van der Waals surface area contributed by atoms with Gasteiger partial charge in [-0.1, -0.05) is 0 Å². The second-order valence-electron chi connectivity index (χ2n) is 3.83. The minimum atomic E-state index is -3.51. The third-order valence-corrected chi connectivity index (χ3v) is 3.41. The van der Waals surface area contributed by atoms with E-state index < -0.39 is 10.0 Å². The van der Waals surface area contributed by atoms with Crippen molar-refractivity contribution < 1.29 is 8.42 Å². The third-order valence-electron chi connectivity index (χ3n) is 2.10. The Kier molecular flexibility index (Phi) is 2.47. The van der Waals surface area contributed by atoms with Crippen molar-refractivity contribution in [2.75, 3.05) is 0 Å². The first-order chi connectivity index (χ1) is 6.97.